The van der Waals surface area contributed by atoms with Crippen molar-refractivity contribution >= 4 is 51.7 Å². The van der Waals surface area contributed by atoms with E-state index in [1.165, 1.54) is 18.2 Å². The summed E-state index contributed by atoms with van der Waals surface area (Å²) in [7, 11) is 1.68. The smallest absolute Gasteiger partial charge is 0.254 e. The van der Waals surface area contributed by atoms with Crippen molar-refractivity contribution in [2.45, 2.75) is 6.54 Å². The van der Waals surface area contributed by atoms with Crippen molar-refractivity contribution in [2.75, 3.05) is 7.05 Å². The number of amides is 1. The molecule has 6 heteroatoms. The molecule has 2 nitrogen and oxygen atoms in total. The van der Waals surface area contributed by atoms with Gasteiger partial charge in [0.05, 0.1) is 15.6 Å². The van der Waals surface area contributed by atoms with Gasteiger partial charge in [-0.25, -0.2) is 4.39 Å². The summed E-state index contributed by atoms with van der Waals surface area (Å²) in [4.78, 5) is 13.9. The van der Waals surface area contributed by atoms with Crippen molar-refractivity contribution in [1.29, 1.82) is 0 Å². The summed E-state index contributed by atoms with van der Waals surface area (Å²) >= 11 is 13.8. The van der Waals surface area contributed by atoms with Crippen LogP contribution in [-0.4, -0.2) is 17.9 Å². The number of hydrogen-bond acceptors (Lipinski definition) is 1. The predicted molar refractivity (Wildman–Crippen MR) is 91.4 cm³/mol. The summed E-state index contributed by atoms with van der Waals surface area (Å²) in [5, 5.41) is 0.925. The summed E-state index contributed by atoms with van der Waals surface area (Å²) in [5.74, 6) is -0.534. The molecule has 0 aliphatic carbocycles. The van der Waals surface area contributed by atoms with Crippen molar-refractivity contribution in [3.05, 3.63) is 67.0 Å². The fourth-order valence-electron chi connectivity index (χ4n) is 1.85. The van der Waals surface area contributed by atoms with E-state index in [2.05, 4.69) is 0 Å². The molecule has 0 atom stereocenters. The molecule has 0 saturated carbocycles. The number of hydrogen-bond donors (Lipinski definition) is 0. The minimum atomic E-state index is -0.358. The maximum Gasteiger partial charge on any atom is 0.254 e. The molecule has 0 radical (unpaired) electrons. The van der Waals surface area contributed by atoms with Crippen LogP contribution in [0.1, 0.15) is 15.9 Å². The van der Waals surface area contributed by atoms with E-state index in [1.807, 2.05) is 28.7 Å². The predicted octanol–water partition coefficient (Wildman–Crippen LogP) is 5.01. The zero-order valence-corrected chi connectivity index (χ0v) is 14.7. The Morgan fingerprint density at radius 3 is 2.52 bits per heavy atom. The second-order valence-corrected chi connectivity index (χ2v) is 6.51. The van der Waals surface area contributed by atoms with E-state index in [0.29, 0.717) is 25.7 Å². The van der Waals surface area contributed by atoms with Crippen LogP contribution >= 0.6 is 45.8 Å². The van der Waals surface area contributed by atoms with E-state index in [-0.39, 0.29) is 11.7 Å². The van der Waals surface area contributed by atoms with Gasteiger partial charge in [0, 0.05) is 17.2 Å². The third-order valence-electron chi connectivity index (χ3n) is 2.91. The van der Waals surface area contributed by atoms with Crippen molar-refractivity contribution in [2.24, 2.45) is 0 Å². The maximum absolute atomic E-state index is 13.1. The van der Waals surface area contributed by atoms with Crippen molar-refractivity contribution in [1.82, 2.24) is 4.90 Å². The topological polar surface area (TPSA) is 20.3 Å². The second kappa shape index (κ2) is 6.94. The number of halogens is 4. The number of carbonyl (C=O) groups is 1. The van der Waals surface area contributed by atoms with Crippen molar-refractivity contribution in [3.8, 4) is 0 Å². The lowest BCUT2D eigenvalue weighted by Crippen LogP contribution is -2.27. The summed E-state index contributed by atoms with van der Waals surface area (Å²) in [6.07, 6.45) is 0. The van der Waals surface area contributed by atoms with Gasteiger partial charge in [0.1, 0.15) is 5.82 Å². The zero-order valence-electron chi connectivity index (χ0n) is 11.0. The molecule has 2 aromatic carbocycles. The quantitative estimate of drug-likeness (QED) is 0.618. The standard InChI is InChI=1S/C15H11Cl2FINO/c1-20(8-9-2-5-12(16)13(17)6-9)15(21)11-4-3-10(18)7-14(11)19/h2-7H,8H2,1H3. The van der Waals surface area contributed by atoms with E-state index in [1.54, 1.807) is 24.1 Å². The van der Waals surface area contributed by atoms with Crippen molar-refractivity contribution in [3.63, 3.8) is 0 Å². The third-order valence-corrected chi connectivity index (χ3v) is 4.54. The van der Waals surface area contributed by atoms with E-state index in [0.717, 1.165) is 5.56 Å². The first-order valence-electron chi connectivity index (χ1n) is 6.03. The van der Waals surface area contributed by atoms with Gasteiger partial charge >= 0.3 is 0 Å². The Labute approximate surface area is 146 Å². The molecule has 1 amide bonds. The molecule has 0 saturated heterocycles. The summed E-state index contributed by atoms with van der Waals surface area (Å²) < 4.78 is 13.7. The first kappa shape index (κ1) is 16.5. The first-order valence-corrected chi connectivity index (χ1v) is 7.86. The molecule has 0 heterocycles. The highest BCUT2D eigenvalue weighted by molar-refractivity contribution is 14.1. The molecule has 2 rings (SSSR count). The Kier molecular flexibility index (Phi) is 5.46. The number of nitrogens with zero attached hydrogens (tertiary/aromatic N) is 1. The fourth-order valence-corrected chi connectivity index (χ4v) is 2.88. The molecule has 21 heavy (non-hydrogen) atoms. The van der Waals surface area contributed by atoms with Crippen molar-refractivity contribution < 1.29 is 9.18 Å². The lowest BCUT2D eigenvalue weighted by atomic mass is 10.1. The monoisotopic (exact) mass is 437 g/mol. The SMILES string of the molecule is CN(Cc1ccc(Cl)c(Cl)c1)C(=O)c1ccc(F)cc1I. The largest absolute Gasteiger partial charge is 0.337 e. The van der Waals surface area contributed by atoms with Crippen LogP contribution in [0.2, 0.25) is 10.0 Å². The summed E-state index contributed by atoms with van der Waals surface area (Å²) in [5.41, 5.74) is 1.34. The van der Waals surface area contributed by atoms with Crippen LogP contribution in [-0.2, 0) is 6.54 Å². The zero-order chi connectivity index (χ0) is 15.6. The van der Waals surface area contributed by atoms with Gasteiger partial charge in [-0.2, -0.15) is 0 Å². The van der Waals surface area contributed by atoms with Crippen LogP contribution in [0.5, 0.6) is 0 Å². The third kappa shape index (κ3) is 4.08. The van der Waals surface area contributed by atoms with Crippen LogP contribution in [0.3, 0.4) is 0 Å². The van der Waals surface area contributed by atoms with Crippen LogP contribution in [0.15, 0.2) is 36.4 Å². The molecule has 0 N–H and O–H groups in total. The Morgan fingerprint density at radius 1 is 1.19 bits per heavy atom. The van der Waals surface area contributed by atoms with Gasteiger partial charge in [0.25, 0.3) is 5.91 Å². The summed E-state index contributed by atoms with van der Waals surface area (Å²) in [6, 6.07) is 9.34. The number of carbonyl (C=O) groups excluding carboxylic acids is 1. The minimum absolute atomic E-state index is 0.175. The molecule has 0 aliphatic rings. The molecular weight excluding hydrogens is 427 g/mol. The lowest BCUT2D eigenvalue weighted by molar-refractivity contribution is 0.0784. The fraction of sp³-hybridized carbons (Fsp3) is 0.133. The average molecular weight is 438 g/mol. The minimum Gasteiger partial charge on any atom is -0.337 e. The molecule has 2 aromatic rings. The van der Waals surface area contributed by atoms with Gasteiger partial charge in [-0.15, -0.1) is 0 Å². The van der Waals surface area contributed by atoms with E-state index < -0.39 is 0 Å². The normalized spacial score (nSPS) is 10.5. The van der Waals surface area contributed by atoms with Gasteiger partial charge < -0.3 is 4.90 Å². The molecular formula is C15H11Cl2FINO. The molecule has 0 aliphatic heterocycles. The Morgan fingerprint density at radius 2 is 1.90 bits per heavy atom. The molecule has 0 spiro atoms. The van der Waals surface area contributed by atoms with Crippen LogP contribution < -0.4 is 0 Å². The molecule has 0 bridgehead atoms. The second-order valence-electron chi connectivity index (χ2n) is 4.53. The molecule has 0 fully saturated rings. The average Bonchev–Trinajstić information content (AvgIpc) is 2.42. The summed E-state index contributed by atoms with van der Waals surface area (Å²) in [6.45, 7) is 0.392. The maximum atomic E-state index is 13.1. The Balaban J connectivity index is 2.17. The highest BCUT2D eigenvalue weighted by Crippen LogP contribution is 2.23. The van der Waals surface area contributed by atoms with Crippen LogP contribution in [0.25, 0.3) is 0 Å². The molecule has 110 valence electrons. The lowest BCUT2D eigenvalue weighted by Gasteiger charge is -2.18. The van der Waals surface area contributed by atoms with Gasteiger partial charge in [0.2, 0.25) is 0 Å². The molecule has 0 aromatic heterocycles. The van der Waals surface area contributed by atoms with Gasteiger partial charge in [0.15, 0.2) is 0 Å². The highest BCUT2D eigenvalue weighted by atomic mass is 127. The van der Waals surface area contributed by atoms with E-state index in [4.69, 9.17) is 23.2 Å². The number of benzene rings is 2. The highest BCUT2D eigenvalue weighted by Gasteiger charge is 2.16. The van der Waals surface area contributed by atoms with E-state index >= 15 is 0 Å². The van der Waals surface area contributed by atoms with Crippen LogP contribution in [0.4, 0.5) is 4.39 Å². The van der Waals surface area contributed by atoms with Gasteiger partial charge in [-0.05, 0) is 58.5 Å². The van der Waals surface area contributed by atoms with Gasteiger partial charge in [-0.1, -0.05) is 29.3 Å². The van der Waals surface area contributed by atoms with E-state index in [9.17, 15) is 9.18 Å². The first-order chi connectivity index (χ1) is 9.88. The van der Waals surface area contributed by atoms with Gasteiger partial charge in [-0.3, -0.25) is 4.79 Å². The van der Waals surface area contributed by atoms with Crippen LogP contribution in [0, 0.1) is 9.39 Å². The Hall–Kier alpha value is -0.850. The Bertz CT molecular complexity index is 693. The molecule has 0 unspecified atom stereocenters. The number of rotatable bonds is 3.